The molecule has 8 nitrogen and oxygen atoms in total. The van der Waals surface area contributed by atoms with Crippen molar-refractivity contribution in [2.24, 2.45) is 4.99 Å². The highest BCUT2D eigenvalue weighted by Crippen LogP contribution is 2.16. The van der Waals surface area contributed by atoms with Gasteiger partial charge in [0.1, 0.15) is 11.6 Å². The molecule has 0 aliphatic heterocycles. The minimum atomic E-state index is -0.0954. The molecule has 2 rings (SSSR count). The number of guanidine groups is 1. The highest BCUT2D eigenvalue weighted by molar-refractivity contribution is 14.0. The van der Waals surface area contributed by atoms with Gasteiger partial charge in [-0.2, -0.15) is 0 Å². The van der Waals surface area contributed by atoms with Crippen LogP contribution in [0.2, 0.25) is 0 Å². The number of nitrogens with zero attached hydrogens (tertiary/aromatic N) is 3. The van der Waals surface area contributed by atoms with E-state index in [1.54, 1.807) is 6.07 Å². The molecule has 160 valence electrons. The van der Waals surface area contributed by atoms with E-state index >= 15 is 0 Å². The van der Waals surface area contributed by atoms with Gasteiger partial charge in [-0.1, -0.05) is 25.1 Å². The molecular weight excluding hydrogens is 483 g/mol. The van der Waals surface area contributed by atoms with Crippen LogP contribution in [0.15, 0.2) is 27.7 Å². The Morgan fingerprint density at radius 3 is 2.62 bits per heavy atom. The number of aryl methyl sites for hydroxylation is 3. The van der Waals surface area contributed by atoms with E-state index in [2.05, 4.69) is 38.0 Å². The Hall–Kier alpha value is -2.17. The van der Waals surface area contributed by atoms with Crippen molar-refractivity contribution in [1.29, 1.82) is 0 Å². The van der Waals surface area contributed by atoms with Crippen LogP contribution >= 0.6 is 24.0 Å². The summed E-state index contributed by atoms with van der Waals surface area (Å²) in [5.41, 5.74) is 2.86. The molecule has 2 heterocycles. The van der Waals surface area contributed by atoms with Crippen molar-refractivity contribution in [2.75, 3.05) is 18.4 Å². The Morgan fingerprint density at radius 1 is 1.17 bits per heavy atom. The minimum Gasteiger partial charge on any atom is -0.361 e. The van der Waals surface area contributed by atoms with Crippen molar-refractivity contribution in [3.8, 4) is 0 Å². The first-order chi connectivity index (χ1) is 13.6. The first-order valence-electron chi connectivity index (χ1n) is 9.79. The van der Waals surface area contributed by atoms with Crippen LogP contribution in [-0.4, -0.2) is 35.1 Å². The molecular formula is C20H31IN6O2. The third kappa shape index (κ3) is 8.00. The van der Waals surface area contributed by atoms with Gasteiger partial charge in [-0.15, -0.1) is 24.0 Å². The van der Waals surface area contributed by atoms with Crippen molar-refractivity contribution in [2.45, 2.75) is 53.5 Å². The Balaban J connectivity index is 0.00000420. The second-order valence-corrected chi connectivity index (χ2v) is 6.32. The fourth-order valence-corrected chi connectivity index (χ4v) is 2.73. The van der Waals surface area contributed by atoms with Crippen LogP contribution in [0.25, 0.3) is 0 Å². The number of pyridine rings is 1. The number of hydrogen-bond acceptors (Lipinski definition) is 5. The third-order valence-electron chi connectivity index (χ3n) is 4.15. The normalized spacial score (nSPS) is 11.0. The maximum Gasteiger partial charge on any atom is 0.227 e. The predicted molar refractivity (Wildman–Crippen MR) is 126 cm³/mol. The summed E-state index contributed by atoms with van der Waals surface area (Å²) in [6.45, 7) is 9.67. The zero-order valence-corrected chi connectivity index (χ0v) is 19.9. The highest BCUT2D eigenvalue weighted by atomic mass is 127. The van der Waals surface area contributed by atoms with E-state index in [0.29, 0.717) is 31.3 Å². The van der Waals surface area contributed by atoms with Gasteiger partial charge in [0.25, 0.3) is 0 Å². The quantitative estimate of drug-likeness (QED) is 0.270. The lowest BCUT2D eigenvalue weighted by atomic mass is 10.1. The van der Waals surface area contributed by atoms with Gasteiger partial charge in [0.2, 0.25) is 5.91 Å². The van der Waals surface area contributed by atoms with Crippen LogP contribution in [0, 0.1) is 6.92 Å². The molecule has 0 aromatic carbocycles. The van der Waals surface area contributed by atoms with Gasteiger partial charge < -0.3 is 20.5 Å². The van der Waals surface area contributed by atoms with Crippen molar-refractivity contribution in [3.63, 3.8) is 0 Å². The summed E-state index contributed by atoms with van der Waals surface area (Å²) < 4.78 is 5.39. The molecule has 3 N–H and O–H groups in total. The largest absolute Gasteiger partial charge is 0.361 e. The smallest absolute Gasteiger partial charge is 0.227 e. The molecule has 29 heavy (non-hydrogen) atoms. The summed E-state index contributed by atoms with van der Waals surface area (Å²) in [6.07, 6.45) is 1.91. The lowest BCUT2D eigenvalue weighted by Crippen LogP contribution is -2.38. The number of aliphatic imine (C=N–C) groups is 1. The van der Waals surface area contributed by atoms with E-state index < -0.39 is 0 Å². The van der Waals surface area contributed by atoms with Crippen LogP contribution in [0.5, 0.6) is 0 Å². The molecule has 0 bridgehead atoms. The van der Waals surface area contributed by atoms with Crippen LogP contribution in [0.4, 0.5) is 5.82 Å². The number of carbonyl (C=O) groups is 1. The maximum absolute atomic E-state index is 12.1. The number of anilines is 1. The fourth-order valence-electron chi connectivity index (χ4n) is 2.73. The second-order valence-electron chi connectivity index (χ2n) is 6.32. The van der Waals surface area contributed by atoms with Gasteiger partial charge in [-0.05, 0) is 32.4 Å². The number of hydrogen-bond donors (Lipinski definition) is 3. The van der Waals surface area contributed by atoms with Crippen molar-refractivity contribution < 1.29 is 9.32 Å². The molecule has 0 fully saturated rings. The summed E-state index contributed by atoms with van der Waals surface area (Å²) in [4.78, 5) is 21.0. The van der Waals surface area contributed by atoms with E-state index in [4.69, 9.17) is 4.52 Å². The van der Waals surface area contributed by atoms with Gasteiger partial charge in [0, 0.05) is 37.2 Å². The fraction of sp³-hybridized carbons (Fsp3) is 0.500. The molecule has 0 radical (unpaired) electrons. The number of amides is 1. The number of rotatable bonds is 9. The molecule has 0 aliphatic rings. The highest BCUT2D eigenvalue weighted by Gasteiger charge is 2.13. The van der Waals surface area contributed by atoms with E-state index in [0.717, 1.165) is 42.1 Å². The van der Waals surface area contributed by atoms with E-state index in [1.807, 2.05) is 32.9 Å². The number of nitrogens with one attached hydrogen (secondary N) is 3. The maximum atomic E-state index is 12.1. The van der Waals surface area contributed by atoms with Crippen LogP contribution in [-0.2, 0) is 24.2 Å². The SMILES string of the molecule is CCNC(=NCc1c(CC)noc1CC)NCCC(=O)Nc1cccc(C)n1.I. The van der Waals surface area contributed by atoms with Crippen LogP contribution < -0.4 is 16.0 Å². The van der Waals surface area contributed by atoms with Gasteiger partial charge in [0.05, 0.1) is 12.2 Å². The number of aromatic nitrogens is 2. The topological polar surface area (TPSA) is 104 Å². The van der Waals surface area contributed by atoms with E-state index in [9.17, 15) is 4.79 Å². The molecule has 0 spiro atoms. The first kappa shape index (κ1) is 24.9. The monoisotopic (exact) mass is 514 g/mol. The van der Waals surface area contributed by atoms with Crippen LogP contribution in [0.1, 0.15) is 49.9 Å². The number of carbonyl (C=O) groups excluding carboxylic acids is 1. The second kappa shape index (κ2) is 13.1. The van der Waals surface area contributed by atoms with Gasteiger partial charge in [-0.25, -0.2) is 9.98 Å². The lowest BCUT2D eigenvalue weighted by molar-refractivity contribution is -0.116. The minimum absolute atomic E-state index is 0. The molecule has 1 amide bonds. The standard InChI is InChI=1S/C20H30N6O2.HI/c1-5-16-15(17(6-2)28-26-16)13-23-20(21-7-3)22-12-11-19(27)25-18-10-8-9-14(4)24-18;/h8-10H,5-7,11-13H2,1-4H3,(H2,21,22,23)(H,24,25,27);1H. The Bertz CT molecular complexity index is 785. The Labute approximate surface area is 189 Å². The molecule has 9 heteroatoms. The molecule has 0 atom stereocenters. The van der Waals surface area contributed by atoms with Crippen molar-refractivity contribution >= 4 is 41.7 Å². The average Bonchev–Trinajstić information content (AvgIpc) is 3.08. The molecule has 0 saturated heterocycles. The van der Waals surface area contributed by atoms with E-state index in [1.165, 1.54) is 0 Å². The van der Waals surface area contributed by atoms with Gasteiger partial charge >= 0.3 is 0 Å². The molecule has 0 saturated carbocycles. The molecule has 2 aromatic rings. The predicted octanol–water partition coefficient (Wildman–Crippen LogP) is 3.20. The van der Waals surface area contributed by atoms with Gasteiger partial charge in [-0.3, -0.25) is 4.79 Å². The summed E-state index contributed by atoms with van der Waals surface area (Å²) in [5, 5.41) is 13.3. The Kier molecular flexibility index (Phi) is 11.3. The summed E-state index contributed by atoms with van der Waals surface area (Å²) >= 11 is 0. The molecule has 0 aliphatic carbocycles. The third-order valence-corrected chi connectivity index (χ3v) is 4.15. The van der Waals surface area contributed by atoms with Crippen LogP contribution in [0.3, 0.4) is 0 Å². The molecule has 0 unspecified atom stereocenters. The average molecular weight is 514 g/mol. The summed E-state index contributed by atoms with van der Waals surface area (Å²) in [6, 6.07) is 5.53. The summed E-state index contributed by atoms with van der Waals surface area (Å²) in [5.74, 6) is 2.01. The van der Waals surface area contributed by atoms with Crippen molar-refractivity contribution in [1.82, 2.24) is 20.8 Å². The van der Waals surface area contributed by atoms with Crippen molar-refractivity contribution in [3.05, 3.63) is 40.9 Å². The lowest BCUT2D eigenvalue weighted by Gasteiger charge is -2.11. The number of halogens is 1. The van der Waals surface area contributed by atoms with Gasteiger partial charge in [0.15, 0.2) is 5.96 Å². The summed E-state index contributed by atoms with van der Waals surface area (Å²) in [7, 11) is 0. The van der Waals surface area contributed by atoms with E-state index in [-0.39, 0.29) is 29.9 Å². The Morgan fingerprint density at radius 2 is 1.97 bits per heavy atom. The first-order valence-corrected chi connectivity index (χ1v) is 9.79. The molecule has 2 aromatic heterocycles. The zero-order chi connectivity index (χ0) is 20.4. The zero-order valence-electron chi connectivity index (χ0n) is 17.5.